The molecule has 1 rings (SSSR count). The van der Waals surface area contributed by atoms with Gasteiger partial charge in [0.25, 0.3) is 0 Å². The lowest BCUT2D eigenvalue weighted by Gasteiger charge is -2.17. The van der Waals surface area contributed by atoms with E-state index < -0.39 is 5.97 Å². The Kier molecular flexibility index (Phi) is 5.72. The molecular weight excluding hydrogens is 250 g/mol. The van der Waals surface area contributed by atoms with Gasteiger partial charge >= 0.3 is 5.97 Å². The summed E-state index contributed by atoms with van der Waals surface area (Å²) < 4.78 is 4.74. The summed E-state index contributed by atoms with van der Waals surface area (Å²) in [5, 5.41) is 3.79. The maximum Gasteiger partial charge on any atom is 0.340 e. The molecule has 3 nitrogen and oxygen atoms in total. The fraction of sp³-hybridized carbons (Fsp3) is 0.357. The Hall–Kier alpha value is -1.48. The van der Waals surface area contributed by atoms with Crippen molar-refractivity contribution in [3.8, 4) is 0 Å². The van der Waals surface area contributed by atoms with E-state index >= 15 is 0 Å². The minimum absolute atomic E-state index is 0.243. The lowest BCUT2D eigenvalue weighted by atomic mass is 10.1. The lowest BCUT2D eigenvalue weighted by molar-refractivity contribution is 0.0602. The first-order valence-electron chi connectivity index (χ1n) is 5.83. The van der Waals surface area contributed by atoms with Gasteiger partial charge in [-0.1, -0.05) is 17.7 Å². The Labute approximate surface area is 113 Å². The van der Waals surface area contributed by atoms with Gasteiger partial charge in [0.05, 0.1) is 12.7 Å². The number of benzene rings is 1. The van der Waals surface area contributed by atoms with Crippen LogP contribution >= 0.6 is 11.6 Å². The van der Waals surface area contributed by atoms with Gasteiger partial charge in [-0.15, -0.1) is 6.58 Å². The van der Waals surface area contributed by atoms with Crippen molar-refractivity contribution in [2.75, 3.05) is 12.4 Å². The molecule has 0 saturated carbocycles. The zero-order valence-electron chi connectivity index (χ0n) is 10.7. The van der Waals surface area contributed by atoms with E-state index in [1.54, 1.807) is 18.2 Å². The van der Waals surface area contributed by atoms with Gasteiger partial charge in [0, 0.05) is 16.8 Å². The highest BCUT2D eigenvalue weighted by Crippen LogP contribution is 2.22. The smallest absolute Gasteiger partial charge is 0.340 e. The van der Waals surface area contributed by atoms with Gasteiger partial charge in [-0.2, -0.15) is 0 Å². The van der Waals surface area contributed by atoms with Gasteiger partial charge in [-0.25, -0.2) is 4.79 Å². The molecule has 0 saturated heterocycles. The quantitative estimate of drug-likeness (QED) is 0.628. The number of anilines is 1. The number of esters is 1. The largest absolute Gasteiger partial charge is 0.465 e. The number of methoxy groups -OCH3 is 1. The number of allylic oxidation sites excluding steroid dienone is 1. The number of hydrogen-bond donors (Lipinski definition) is 1. The van der Waals surface area contributed by atoms with Crippen LogP contribution in [0.3, 0.4) is 0 Å². The van der Waals surface area contributed by atoms with Gasteiger partial charge in [-0.3, -0.25) is 0 Å². The first kappa shape index (κ1) is 14.6. The average Bonchev–Trinajstić information content (AvgIpc) is 2.37. The van der Waals surface area contributed by atoms with E-state index in [1.165, 1.54) is 7.11 Å². The van der Waals surface area contributed by atoms with Crippen molar-refractivity contribution in [3.05, 3.63) is 41.4 Å². The molecule has 0 heterocycles. The SMILES string of the molecule is C=CCCC(C)Nc1ccc(Cl)cc1C(=O)OC. The third kappa shape index (κ3) is 4.08. The van der Waals surface area contributed by atoms with Crippen LogP contribution in [0, 0.1) is 0 Å². The van der Waals surface area contributed by atoms with Gasteiger partial charge in [0.15, 0.2) is 0 Å². The Balaban J connectivity index is 2.87. The molecule has 0 fully saturated rings. The number of carbonyl (C=O) groups excluding carboxylic acids is 1. The molecule has 1 aromatic carbocycles. The Morgan fingerprint density at radius 3 is 2.94 bits per heavy atom. The summed E-state index contributed by atoms with van der Waals surface area (Å²) in [4.78, 5) is 11.6. The second-order valence-corrected chi connectivity index (χ2v) is 4.53. The van der Waals surface area contributed by atoms with Gasteiger partial charge in [0.2, 0.25) is 0 Å². The molecule has 0 spiro atoms. The van der Waals surface area contributed by atoms with Crippen molar-refractivity contribution in [3.63, 3.8) is 0 Å². The predicted molar refractivity (Wildman–Crippen MR) is 75.3 cm³/mol. The molecule has 0 aromatic heterocycles. The van der Waals surface area contributed by atoms with Gasteiger partial charge in [0.1, 0.15) is 0 Å². The number of hydrogen-bond acceptors (Lipinski definition) is 3. The maximum absolute atomic E-state index is 11.6. The minimum atomic E-state index is -0.393. The van der Waals surface area contributed by atoms with Crippen LogP contribution < -0.4 is 5.32 Å². The van der Waals surface area contributed by atoms with E-state index in [0.717, 1.165) is 18.5 Å². The zero-order chi connectivity index (χ0) is 13.5. The normalized spacial score (nSPS) is 11.7. The molecule has 1 N–H and O–H groups in total. The fourth-order valence-corrected chi connectivity index (χ4v) is 1.80. The van der Waals surface area contributed by atoms with Crippen LogP contribution in [0.1, 0.15) is 30.1 Å². The first-order chi connectivity index (χ1) is 8.58. The van der Waals surface area contributed by atoms with E-state index in [0.29, 0.717) is 10.6 Å². The second kappa shape index (κ2) is 7.07. The Morgan fingerprint density at radius 1 is 1.61 bits per heavy atom. The number of halogens is 1. The van der Waals surface area contributed by atoms with E-state index in [-0.39, 0.29) is 6.04 Å². The lowest BCUT2D eigenvalue weighted by Crippen LogP contribution is -2.17. The molecule has 1 aromatic rings. The Bertz CT molecular complexity index is 432. The highest BCUT2D eigenvalue weighted by Gasteiger charge is 2.13. The van der Waals surface area contributed by atoms with Gasteiger partial charge in [-0.05, 0) is 38.0 Å². The zero-order valence-corrected chi connectivity index (χ0v) is 11.5. The van der Waals surface area contributed by atoms with Crippen LogP contribution in [-0.2, 0) is 4.74 Å². The van der Waals surface area contributed by atoms with Crippen LogP contribution in [0.2, 0.25) is 5.02 Å². The van der Waals surface area contributed by atoms with Crippen molar-refractivity contribution in [2.45, 2.75) is 25.8 Å². The van der Waals surface area contributed by atoms with Crippen LogP contribution in [0.4, 0.5) is 5.69 Å². The Morgan fingerprint density at radius 2 is 2.33 bits per heavy atom. The molecule has 0 bridgehead atoms. The van der Waals surface area contributed by atoms with Crippen LogP contribution in [0.5, 0.6) is 0 Å². The second-order valence-electron chi connectivity index (χ2n) is 4.09. The molecule has 98 valence electrons. The topological polar surface area (TPSA) is 38.3 Å². The average molecular weight is 268 g/mol. The summed E-state index contributed by atoms with van der Waals surface area (Å²) in [5.74, 6) is -0.393. The number of rotatable bonds is 6. The summed E-state index contributed by atoms with van der Waals surface area (Å²) in [5.41, 5.74) is 1.19. The van der Waals surface area contributed by atoms with E-state index in [9.17, 15) is 4.79 Å². The summed E-state index contributed by atoms with van der Waals surface area (Å²) in [6.45, 7) is 5.75. The summed E-state index contributed by atoms with van der Waals surface area (Å²) in [6.07, 6.45) is 3.75. The molecule has 0 aliphatic heterocycles. The molecular formula is C14H18ClNO2. The van der Waals surface area contributed by atoms with Crippen molar-refractivity contribution in [2.24, 2.45) is 0 Å². The third-order valence-electron chi connectivity index (χ3n) is 2.59. The molecule has 0 radical (unpaired) electrons. The first-order valence-corrected chi connectivity index (χ1v) is 6.21. The summed E-state index contributed by atoms with van der Waals surface area (Å²) in [7, 11) is 1.36. The number of carbonyl (C=O) groups is 1. The van der Waals surface area contributed by atoms with Crippen LogP contribution in [0.25, 0.3) is 0 Å². The molecule has 0 aliphatic rings. The molecule has 0 aliphatic carbocycles. The summed E-state index contributed by atoms with van der Waals surface area (Å²) >= 11 is 5.89. The molecule has 18 heavy (non-hydrogen) atoms. The number of nitrogens with one attached hydrogen (secondary N) is 1. The van der Waals surface area contributed by atoms with Crippen LogP contribution in [-0.4, -0.2) is 19.1 Å². The third-order valence-corrected chi connectivity index (χ3v) is 2.83. The summed E-state index contributed by atoms with van der Waals surface area (Å²) in [6, 6.07) is 5.39. The fourth-order valence-electron chi connectivity index (χ4n) is 1.63. The van der Waals surface area contributed by atoms with Crippen molar-refractivity contribution in [1.29, 1.82) is 0 Å². The highest BCUT2D eigenvalue weighted by atomic mass is 35.5. The molecule has 0 amide bonds. The highest BCUT2D eigenvalue weighted by molar-refractivity contribution is 6.31. The van der Waals surface area contributed by atoms with Crippen LogP contribution in [0.15, 0.2) is 30.9 Å². The van der Waals surface area contributed by atoms with E-state index in [4.69, 9.17) is 16.3 Å². The molecule has 1 unspecified atom stereocenters. The molecule has 1 atom stereocenters. The standard InChI is InChI=1S/C14H18ClNO2/c1-4-5-6-10(2)16-13-8-7-11(15)9-12(13)14(17)18-3/h4,7-10,16H,1,5-6H2,2-3H3. The molecule has 4 heteroatoms. The number of ether oxygens (including phenoxy) is 1. The van der Waals surface area contributed by atoms with Crippen molar-refractivity contribution >= 4 is 23.3 Å². The maximum atomic E-state index is 11.6. The minimum Gasteiger partial charge on any atom is -0.465 e. The van der Waals surface area contributed by atoms with E-state index in [1.807, 2.05) is 6.08 Å². The van der Waals surface area contributed by atoms with Gasteiger partial charge < -0.3 is 10.1 Å². The van der Waals surface area contributed by atoms with Crippen molar-refractivity contribution in [1.82, 2.24) is 0 Å². The van der Waals surface area contributed by atoms with E-state index in [2.05, 4.69) is 18.8 Å². The predicted octanol–water partition coefficient (Wildman–Crippen LogP) is 3.89. The van der Waals surface area contributed by atoms with Crippen molar-refractivity contribution < 1.29 is 9.53 Å². The monoisotopic (exact) mass is 267 g/mol.